The minimum Gasteiger partial charge on any atom is -0.478 e. The Morgan fingerprint density at radius 1 is 1.00 bits per heavy atom. The number of aliphatic carboxylic acids is 1. The maximum absolute atomic E-state index is 11.6. The van der Waals surface area contributed by atoms with Gasteiger partial charge in [0, 0.05) is 18.2 Å². The van der Waals surface area contributed by atoms with Crippen molar-refractivity contribution < 1.29 is 29.1 Å². The molecule has 2 amide bonds. The largest absolute Gasteiger partial charge is 0.478 e. The molecule has 0 saturated heterocycles. The first-order valence-electron chi connectivity index (χ1n) is 7.07. The van der Waals surface area contributed by atoms with Crippen LogP contribution in [0.15, 0.2) is 12.2 Å². The minimum absolute atomic E-state index is 0.0223. The molecule has 0 saturated carbocycles. The lowest BCUT2D eigenvalue weighted by Crippen LogP contribution is -2.44. The molecule has 128 valence electrons. The Hall–Kier alpha value is -2.51. The van der Waals surface area contributed by atoms with Gasteiger partial charge in [-0.05, 0) is 26.7 Å². The number of hydrogen-bond acceptors (Lipinski definition) is 5. The predicted octanol–water partition coefficient (Wildman–Crippen LogP) is -0.0334. The SMILES string of the molecule is C=C(CCC(CNC(=O)CC(C)=O)NC(=O)CC(C)=O)C(=O)O. The quantitative estimate of drug-likeness (QED) is 0.361. The highest BCUT2D eigenvalue weighted by atomic mass is 16.4. The lowest BCUT2D eigenvalue weighted by Gasteiger charge is -2.19. The number of carboxylic acid groups (broad SMARTS) is 1. The fourth-order valence-corrected chi connectivity index (χ4v) is 1.71. The van der Waals surface area contributed by atoms with Crippen molar-refractivity contribution in [2.24, 2.45) is 0 Å². The molecular formula is C15H22N2O6. The standard InChI is InChI=1S/C15H22N2O6/c1-9(15(22)23)4-5-12(17-14(21)7-11(3)19)8-16-13(20)6-10(2)18/h12H,1,4-8H2,2-3H3,(H,16,20)(H,17,21)(H,22,23). The molecule has 0 radical (unpaired) electrons. The summed E-state index contributed by atoms with van der Waals surface area (Å²) in [4.78, 5) is 55.6. The van der Waals surface area contributed by atoms with Crippen molar-refractivity contribution >= 4 is 29.4 Å². The number of carbonyl (C=O) groups is 5. The monoisotopic (exact) mass is 326 g/mol. The smallest absolute Gasteiger partial charge is 0.330 e. The van der Waals surface area contributed by atoms with E-state index in [-0.39, 0.29) is 49.4 Å². The second kappa shape index (κ2) is 10.3. The molecule has 0 aliphatic rings. The molecule has 0 aliphatic heterocycles. The average molecular weight is 326 g/mol. The van der Waals surface area contributed by atoms with Crippen LogP contribution < -0.4 is 10.6 Å². The van der Waals surface area contributed by atoms with Crippen molar-refractivity contribution in [3.8, 4) is 0 Å². The average Bonchev–Trinajstić information content (AvgIpc) is 2.39. The molecule has 0 aromatic rings. The van der Waals surface area contributed by atoms with E-state index >= 15 is 0 Å². The number of carboxylic acids is 1. The van der Waals surface area contributed by atoms with Gasteiger partial charge < -0.3 is 15.7 Å². The van der Waals surface area contributed by atoms with Crippen molar-refractivity contribution in [1.82, 2.24) is 10.6 Å². The van der Waals surface area contributed by atoms with E-state index < -0.39 is 23.8 Å². The molecule has 0 spiro atoms. The molecule has 1 unspecified atom stereocenters. The summed E-state index contributed by atoms with van der Waals surface area (Å²) >= 11 is 0. The highest BCUT2D eigenvalue weighted by Gasteiger charge is 2.17. The molecule has 0 heterocycles. The van der Waals surface area contributed by atoms with Gasteiger partial charge in [0.15, 0.2) is 0 Å². The van der Waals surface area contributed by atoms with Gasteiger partial charge >= 0.3 is 5.97 Å². The zero-order valence-electron chi connectivity index (χ0n) is 13.3. The van der Waals surface area contributed by atoms with Gasteiger partial charge in [0.05, 0.1) is 12.8 Å². The van der Waals surface area contributed by atoms with Crippen molar-refractivity contribution in [3.05, 3.63) is 12.2 Å². The fourth-order valence-electron chi connectivity index (χ4n) is 1.71. The molecule has 3 N–H and O–H groups in total. The van der Waals surface area contributed by atoms with Crippen molar-refractivity contribution in [3.63, 3.8) is 0 Å². The van der Waals surface area contributed by atoms with Gasteiger partial charge in [0.25, 0.3) is 0 Å². The Morgan fingerprint density at radius 2 is 1.52 bits per heavy atom. The van der Waals surface area contributed by atoms with E-state index in [2.05, 4.69) is 17.2 Å². The Labute approximate surface area is 134 Å². The maximum atomic E-state index is 11.6. The maximum Gasteiger partial charge on any atom is 0.330 e. The van der Waals surface area contributed by atoms with Crippen molar-refractivity contribution in [1.29, 1.82) is 0 Å². The molecule has 0 fully saturated rings. The molecular weight excluding hydrogens is 304 g/mol. The van der Waals surface area contributed by atoms with E-state index in [1.54, 1.807) is 0 Å². The molecule has 8 nitrogen and oxygen atoms in total. The first-order valence-corrected chi connectivity index (χ1v) is 7.07. The van der Waals surface area contributed by atoms with Gasteiger partial charge in [-0.1, -0.05) is 6.58 Å². The van der Waals surface area contributed by atoms with E-state index in [0.717, 1.165) is 0 Å². The number of hydrogen-bond donors (Lipinski definition) is 3. The topological polar surface area (TPSA) is 130 Å². The highest BCUT2D eigenvalue weighted by Crippen LogP contribution is 2.06. The van der Waals surface area contributed by atoms with Crippen LogP contribution >= 0.6 is 0 Å². The molecule has 0 aliphatic carbocycles. The summed E-state index contributed by atoms with van der Waals surface area (Å²) in [6, 6.07) is -0.561. The number of carbonyl (C=O) groups excluding carboxylic acids is 4. The van der Waals surface area contributed by atoms with Crippen molar-refractivity contribution in [2.75, 3.05) is 6.54 Å². The van der Waals surface area contributed by atoms with Crippen LogP contribution in [0.1, 0.15) is 39.5 Å². The first-order chi connectivity index (χ1) is 10.6. The van der Waals surface area contributed by atoms with Crippen LogP contribution in [-0.4, -0.2) is 47.0 Å². The molecule has 8 heteroatoms. The lowest BCUT2D eigenvalue weighted by atomic mass is 10.1. The normalized spacial score (nSPS) is 11.2. The van der Waals surface area contributed by atoms with Crippen LogP contribution in [0.4, 0.5) is 0 Å². The molecule has 0 rings (SSSR count). The third-order valence-corrected chi connectivity index (χ3v) is 2.83. The minimum atomic E-state index is -1.14. The van der Waals surface area contributed by atoms with Gasteiger partial charge in [-0.15, -0.1) is 0 Å². The highest BCUT2D eigenvalue weighted by molar-refractivity contribution is 5.97. The van der Waals surface area contributed by atoms with Crippen LogP contribution in [0, 0.1) is 0 Å². The van der Waals surface area contributed by atoms with E-state index in [0.29, 0.717) is 0 Å². The van der Waals surface area contributed by atoms with E-state index in [1.165, 1.54) is 13.8 Å². The van der Waals surface area contributed by atoms with Gasteiger partial charge in [-0.3, -0.25) is 19.2 Å². The lowest BCUT2D eigenvalue weighted by molar-refractivity contribution is -0.133. The van der Waals surface area contributed by atoms with Crippen molar-refractivity contribution in [2.45, 2.75) is 45.6 Å². The number of nitrogens with one attached hydrogen (secondary N) is 2. The number of rotatable bonds is 11. The van der Waals surface area contributed by atoms with Crippen LogP contribution in [0.3, 0.4) is 0 Å². The summed E-state index contributed by atoms with van der Waals surface area (Å²) in [6.45, 7) is 5.97. The number of amides is 2. The Balaban J connectivity index is 4.58. The molecule has 1 atom stereocenters. The number of ketones is 2. The second-order valence-corrected chi connectivity index (χ2v) is 5.27. The Morgan fingerprint density at radius 3 is 2.00 bits per heavy atom. The predicted molar refractivity (Wildman–Crippen MR) is 81.5 cm³/mol. The van der Waals surface area contributed by atoms with E-state index in [1.807, 2.05) is 0 Å². The zero-order chi connectivity index (χ0) is 18.0. The van der Waals surface area contributed by atoms with Crippen LogP contribution in [0.25, 0.3) is 0 Å². The van der Waals surface area contributed by atoms with Crippen LogP contribution in [-0.2, 0) is 24.0 Å². The molecule has 0 bridgehead atoms. The molecule has 0 aromatic heterocycles. The van der Waals surface area contributed by atoms with Crippen LogP contribution in [0.2, 0.25) is 0 Å². The summed E-state index contributed by atoms with van der Waals surface area (Å²) in [5, 5.41) is 13.8. The van der Waals surface area contributed by atoms with Crippen LogP contribution in [0.5, 0.6) is 0 Å². The van der Waals surface area contributed by atoms with Gasteiger partial charge in [0.1, 0.15) is 11.6 Å². The number of Topliss-reactive ketones (excluding diaryl/α,β-unsaturated/α-hetero) is 2. The van der Waals surface area contributed by atoms with E-state index in [4.69, 9.17) is 5.11 Å². The van der Waals surface area contributed by atoms with Gasteiger partial charge in [0.2, 0.25) is 11.8 Å². The Kier molecular flexibility index (Phi) is 9.14. The fraction of sp³-hybridized carbons (Fsp3) is 0.533. The third kappa shape index (κ3) is 10.8. The summed E-state index contributed by atoms with van der Waals surface area (Å²) in [6.07, 6.45) is -0.216. The summed E-state index contributed by atoms with van der Waals surface area (Å²) in [7, 11) is 0. The van der Waals surface area contributed by atoms with Gasteiger partial charge in [-0.2, -0.15) is 0 Å². The van der Waals surface area contributed by atoms with Gasteiger partial charge in [-0.25, -0.2) is 4.79 Å². The second-order valence-electron chi connectivity index (χ2n) is 5.27. The summed E-state index contributed by atoms with van der Waals surface area (Å²) < 4.78 is 0. The summed E-state index contributed by atoms with van der Waals surface area (Å²) in [5.41, 5.74) is -0.0223. The third-order valence-electron chi connectivity index (χ3n) is 2.83. The van der Waals surface area contributed by atoms with E-state index in [9.17, 15) is 24.0 Å². The summed E-state index contributed by atoms with van der Waals surface area (Å²) in [5.74, 6) is -2.74. The molecule has 0 aromatic carbocycles. The molecule has 23 heavy (non-hydrogen) atoms. The first kappa shape index (κ1) is 20.5. The zero-order valence-corrected chi connectivity index (χ0v) is 13.3. The Bertz CT molecular complexity index is 512.